The molecule has 3 rings (SSSR count). The number of nitrogens with one attached hydrogen (secondary N) is 1. The van der Waals surface area contributed by atoms with E-state index in [9.17, 15) is 9.59 Å². The van der Waals surface area contributed by atoms with E-state index in [4.69, 9.17) is 0 Å². The van der Waals surface area contributed by atoms with Gasteiger partial charge in [-0.1, -0.05) is 50.2 Å². The lowest BCUT2D eigenvalue weighted by molar-refractivity contribution is -0.136. The van der Waals surface area contributed by atoms with Crippen LogP contribution in [0.5, 0.6) is 0 Å². The summed E-state index contributed by atoms with van der Waals surface area (Å²) in [7, 11) is 0. The summed E-state index contributed by atoms with van der Waals surface area (Å²) in [6.07, 6.45) is 0.460. The minimum absolute atomic E-state index is 0.0297. The van der Waals surface area contributed by atoms with Crippen LogP contribution in [-0.4, -0.2) is 54.3 Å². The average Bonchev–Trinajstić information content (AvgIpc) is 2.66. The highest BCUT2D eigenvalue weighted by atomic mass is 16.2. The van der Waals surface area contributed by atoms with Crippen molar-refractivity contribution in [2.75, 3.05) is 38.0 Å². The van der Waals surface area contributed by atoms with Gasteiger partial charge in [-0.25, -0.2) is 0 Å². The molecule has 1 fully saturated rings. The second-order valence-electron chi connectivity index (χ2n) is 7.15. The van der Waals surface area contributed by atoms with Crippen LogP contribution in [0.4, 0.5) is 5.69 Å². The second kappa shape index (κ2) is 8.32. The summed E-state index contributed by atoms with van der Waals surface area (Å²) < 4.78 is 0. The highest BCUT2D eigenvalue weighted by Gasteiger charge is 2.22. The molecule has 138 valence electrons. The highest BCUT2D eigenvalue weighted by molar-refractivity contribution is 6.02. The molecule has 0 bridgehead atoms. The first kappa shape index (κ1) is 18.4. The van der Waals surface area contributed by atoms with Crippen molar-refractivity contribution in [3.8, 4) is 0 Å². The summed E-state index contributed by atoms with van der Waals surface area (Å²) in [5.41, 5.74) is 0.862. The Morgan fingerprint density at radius 3 is 2.42 bits per heavy atom. The van der Waals surface area contributed by atoms with Gasteiger partial charge in [0.25, 0.3) is 0 Å². The van der Waals surface area contributed by atoms with Gasteiger partial charge in [-0.3, -0.25) is 14.5 Å². The van der Waals surface area contributed by atoms with Crippen molar-refractivity contribution >= 4 is 28.3 Å². The van der Waals surface area contributed by atoms with Crippen molar-refractivity contribution in [1.82, 2.24) is 9.80 Å². The topological polar surface area (TPSA) is 52.7 Å². The second-order valence-corrected chi connectivity index (χ2v) is 7.15. The maximum Gasteiger partial charge on any atom is 0.225 e. The Morgan fingerprint density at radius 2 is 1.69 bits per heavy atom. The Labute approximate surface area is 155 Å². The maximum absolute atomic E-state index is 12.4. The Kier molecular flexibility index (Phi) is 5.89. The van der Waals surface area contributed by atoms with Crippen LogP contribution >= 0.6 is 0 Å². The van der Waals surface area contributed by atoms with Gasteiger partial charge in [-0.2, -0.15) is 0 Å². The van der Waals surface area contributed by atoms with Crippen LogP contribution in [-0.2, 0) is 9.59 Å². The molecule has 0 aliphatic carbocycles. The van der Waals surface area contributed by atoms with Crippen molar-refractivity contribution < 1.29 is 9.59 Å². The molecule has 26 heavy (non-hydrogen) atoms. The minimum atomic E-state index is 0.0297. The largest absolute Gasteiger partial charge is 0.340 e. The average molecular weight is 353 g/mol. The third-order valence-corrected chi connectivity index (χ3v) is 4.90. The number of anilines is 1. The lowest BCUT2D eigenvalue weighted by atomic mass is 10.1. The quantitative estimate of drug-likeness (QED) is 0.899. The highest BCUT2D eigenvalue weighted by Crippen LogP contribution is 2.23. The lowest BCUT2D eigenvalue weighted by Crippen LogP contribution is -2.50. The number of nitrogens with zero attached hydrogens (tertiary/aromatic N) is 2. The number of piperazine rings is 1. The molecule has 0 aromatic heterocycles. The van der Waals surface area contributed by atoms with Crippen molar-refractivity contribution in [2.24, 2.45) is 5.92 Å². The van der Waals surface area contributed by atoms with E-state index >= 15 is 0 Å². The molecule has 0 atom stereocenters. The van der Waals surface area contributed by atoms with Crippen molar-refractivity contribution in [3.05, 3.63) is 42.5 Å². The number of rotatable bonds is 5. The van der Waals surface area contributed by atoms with Gasteiger partial charge in [0.05, 0.1) is 0 Å². The number of fused-ring (bicyclic) bond motifs is 1. The van der Waals surface area contributed by atoms with Crippen molar-refractivity contribution in [1.29, 1.82) is 0 Å². The zero-order valence-corrected chi connectivity index (χ0v) is 15.6. The number of amides is 2. The van der Waals surface area contributed by atoms with E-state index in [1.165, 1.54) is 0 Å². The molecule has 1 heterocycles. The van der Waals surface area contributed by atoms with E-state index in [1.807, 2.05) is 61.2 Å². The van der Waals surface area contributed by atoms with E-state index in [-0.39, 0.29) is 17.7 Å². The normalized spacial score (nSPS) is 15.4. The van der Waals surface area contributed by atoms with Crippen LogP contribution in [0.3, 0.4) is 0 Å². The summed E-state index contributed by atoms with van der Waals surface area (Å²) in [5, 5.41) is 5.22. The molecule has 2 aromatic carbocycles. The predicted molar refractivity (Wildman–Crippen MR) is 105 cm³/mol. The summed E-state index contributed by atoms with van der Waals surface area (Å²) in [6, 6.07) is 14.0. The van der Waals surface area contributed by atoms with Crippen molar-refractivity contribution in [2.45, 2.75) is 20.3 Å². The summed E-state index contributed by atoms with van der Waals surface area (Å²) >= 11 is 0. The van der Waals surface area contributed by atoms with E-state index in [0.29, 0.717) is 6.42 Å². The first-order valence-electron chi connectivity index (χ1n) is 9.33. The molecular weight excluding hydrogens is 326 g/mol. The van der Waals surface area contributed by atoms with Gasteiger partial charge in [0, 0.05) is 56.1 Å². The first-order chi connectivity index (χ1) is 12.5. The van der Waals surface area contributed by atoms with E-state index < -0.39 is 0 Å². The number of benzene rings is 2. The number of carbonyl (C=O) groups is 2. The monoisotopic (exact) mass is 353 g/mol. The molecule has 2 aromatic rings. The molecule has 1 aliphatic heterocycles. The Balaban J connectivity index is 1.48. The number of carbonyl (C=O) groups excluding carboxylic acids is 2. The standard InChI is InChI=1S/C21H27N3O2/c1-16(2)21(26)24-14-12-23(13-15-24)11-10-20(25)22-19-9-5-7-17-6-3-4-8-18(17)19/h3-9,16H,10-15H2,1-2H3,(H,22,25). The lowest BCUT2D eigenvalue weighted by Gasteiger charge is -2.35. The van der Waals surface area contributed by atoms with Crippen LogP contribution in [0.2, 0.25) is 0 Å². The van der Waals surface area contributed by atoms with Crippen molar-refractivity contribution in [3.63, 3.8) is 0 Å². The Morgan fingerprint density at radius 1 is 1.00 bits per heavy atom. The van der Waals surface area contributed by atoms with Gasteiger partial charge in [0.1, 0.15) is 0 Å². The summed E-state index contributed by atoms with van der Waals surface area (Å²) in [5.74, 6) is 0.299. The van der Waals surface area contributed by atoms with Crippen LogP contribution in [0.25, 0.3) is 10.8 Å². The molecule has 1 saturated heterocycles. The third-order valence-electron chi connectivity index (χ3n) is 4.90. The van der Waals surface area contributed by atoms with Gasteiger partial charge in [0.15, 0.2) is 0 Å². The molecule has 0 radical (unpaired) electrons. The summed E-state index contributed by atoms with van der Waals surface area (Å²) in [6.45, 7) is 7.77. The SMILES string of the molecule is CC(C)C(=O)N1CCN(CCC(=O)Nc2cccc3ccccc23)CC1. The Bertz CT molecular complexity index is 774. The molecular formula is C21H27N3O2. The van der Waals surface area contributed by atoms with E-state index in [0.717, 1.165) is 49.2 Å². The van der Waals surface area contributed by atoms with E-state index in [2.05, 4.69) is 10.2 Å². The smallest absolute Gasteiger partial charge is 0.225 e. The summed E-state index contributed by atoms with van der Waals surface area (Å²) in [4.78, 5) is 28.6. The van der Waals surface area contributed by atoms with E-state index in [1.54, 1.807) is 0 Å². The molecule has 2 amide bonds. The number of hydrogen-bond donors (Lipinski definition) is 1. The Hall–Kier alpha value is -2.40. The van der Waals surface area contributed by atoms with Gasteiger partial charge < -0.3 is 10.2 Å². The molecule has 0 saturated carbocycles. The molecule has 1 N–H and O–H groups in total. The zero-order chi connectivity index (χ0) is 18.5. The fraction of sp³-hybridized carbons (Fsp3) is 0.429. The van der Waals surface area contributed by atoms with Gasteiger partial charge in [0.2, 0.25) is 11.8 Å². The third kappa shape index (κ3) is 4.41. The molecule has 5 nitrogen and oxygen atoms in total. The molecule has 0 unspecified atom stereocenters. The van der Waals surface area contributed by atoms with Crippen LogP contribution < -0.4 is 5.32 Å². The van der Waals surface area contributed by atoms with Crippen LogP contribution in [0, 0.1) is 5.92 Å². The van der Waals surface area contributed by atoms with Gasteiger partial charge in [-0.05, 0) is 11.5 Å². The molecule has 1 aliphatic rings. The first-order valence-corrected chi connectivity index (χ1v) is 9.33. The van der Waals surface area contributed by atoms with Crippen LogP contribution in [0.1, 0.15) is 20.3 Å². The predicted octanol–water partition coefficient (Wildman–Crippen LogP) is 2.97. The van der Waals surface area contributed by atoms with Gasteiger partial charge in [-0.15, -0.1) is 0 Å². The molecule has 0 spiro atoms. The minimum Gasteiger partial charge on any atom is -0.340 e. The fourth-order valence-electron chi connectivity index (χ4n) is 3.36. The fourth-order valence-corrected chi connectivity index (χ4v) is 3.36. The molecule has 5 heteroatoms. The maximum atomic E-state index is 12.4. The van der Waals surface area contributed by atoms with Crippen LogP contribution in [0.15, 0.2) is 42.5 Å². The van der Waals surface area contributed by atoms with Gasteiger partial charge >= 0.3 is 0 Å². The number of hydrogen-bond acceptors (Lipinski definition) is 3. The zero-order valence-electron chi connectivity index (χ0n) is 15.6.